The molecule has 1 aromatic carbocycles. The average molecular weight is 264 g/mol. The van der Waals surface area contributed by atoms with Gasteiger partial charge in [0.05, 0.1) is 7.11 Å². The highest BCUT2D eigenvalue weighted by molar-refractivity contribution is 5.29. The first kappa shape index (κ1) is 12.9. The Morgan fingerprint density at radius 3 is 3.05 bits per heavy atom. The Bertz CT molecular complexity index is 438. The zero-order chi connectivity index (χ0) is 13.2. The van der Waals surface area contributed by atoms with Gasteiger partial charge in [-0.1, -0.05) is 6.07 Å². The molecule has 1 aromatic rings. The molecule has 104 valence electrons. The first-order chi connectivity index (χ1) is 9.26. The zero-order valence-electron chi connectivity index (χ0n) is 11.4. The lowest BCUT2D eigenvalue weighted by molar-refractivity contribution is 0.307. The molecule has 0 bridgehead atoms. The molecule has 1 N–H and O–H groups in total. The number of benzene rings is 1. The van der Waals surface area contributed by atoms with Crippen LogP contribution in [0.15, 0.2) is 18.2 Å². The minimum Gasteiger partial charge on any atom is -0.497 e. The van der Waals surface area contributed by atoms with Crippen LogP contribution in [0.25, 0.3) is 0 Å². The number of nitrogens with one attached hydrogen (secondary N) is 1. The molecule has 2 atom stereocenters. The second-order valence-electron chi connectivity index (χ2n) is 5.61. The largest absolute Gasteiger partial charge is 0.497 e. The van der Waals surface area contributed by atoms with E-state index in [9.17, 15) is 4.39 Å². The summed E-state index contributed by atoms with van der Waals surface area (Å²) in [7, 11) is 1.56. The molecule has 0 amide bonds. The number of nitrogens with zero attached hydrogens (tertiary/aromatic N) is 1. The number of rotatable bonds is 3. The Balaban J connectivity index is 1.65. The fourth-order valence-corrected chi connectivity index (χ4v) is 3.29. The molecule has 0 spiro atoms. The van der Waals surface area contributed by atoms with Gasteiger partial charge in [0.2, 0.25) is 0 Å². The average Bonchev–Trinajstić information content (AvgIpc) is 2.83. The van der Waals surface area contributed by atoms with Crippen LogP contribution < -0.4 is 10.1 Å². The normalized spacial score (nSPS) is 27.3. The quantitative estimate of drug-likeness (QED) is 0.904. The van der Waals surface area contributed by atoms with Gasteiger partial charge in [0.15, 0.2) is 0 Å². The van der Waals surface area contributed by atoms with Gasteiger partial charge in [-0.15, -0.1) is 0 Å². The topological polar surface area (TPSA) is 24.5 Å². The lowest BCUT2D eigenvalue weighted by Crippen LogP contribution is -2.40. The number of likely N-dealkylation sites (tertiary alicyclic amines) is 1. The van der Waals surface area contributed by atoms with Crippen molar-refractivity contribution in [3.05, 3.63) is 29.6 Å². The Labute approximate surface area is 113 Å². The van der Waals surface area contributed by atoms with E-state index in [1.165, 1.54) is 18.9 Å². The van der Waals surface area contributed by atoms with E-state index in [0.717, 1.165) is 31.1 Å². The smallest absolute Gasteiger partial charge is 0.131 e. The summed E-state index contributed by atoms with van der Waals surface area (Å²) in [5.74, 6) is 1.16. The number of ether oxygens (including phenoxy) is 1. The van der Waals surface area contributed by atoms with E-state index in [2.05, 4.69) is 10.2 Å². The van der Waals surface area contributed by atoms with E-state index in [-0.39, 0.29) is 5.82 Å². The van der Waals surface area contributed by atoms with Crippen molar-refractivity contribution >= 4 is 0 Å². The molecule has 19 heavy (non-hydrogen) atoms. The third kappa shape index (κ3) is 2.74. The number of methoxy groups -OCH3 is 1. The first-order valence-corrected chi connectivity index (χ1v) is 7.04. The second-order valence-corrected chi connectivity index (χ2v) is 5.61. The second kappa shape index (κ2) is 5.47. The number of halogens is 1. The van der Waals surface area contributed by atoms with Crippen molar-refractivity contribution in [2.24, 2.45) is 5.92 Å². The minimum atomic E-state index is -0.165. The molecule has 0 radical (unpaired) electrons. The van der Waals surface area contributed by atoms with Crippen molar-refractivity contribution in [1.29, 1.82) is 0 Å². The Morgan fingerprint density at radius 1 is 1.42 bits per heavy atom. The molecule has 2 aliphatic heterocycles. The maximum Gasteiger partial charge on any atom is 0.131 e. The van der Waals surface area contributed by atoms with E-state index in [1.54, 1.807) is 7.11 Å². The van der Waals surface area contributed by atoms with Gasteiger partial charge in [0.1, 0.15) is 11.6 Å². The summed E-state index contributed by atoms with van der Waals surface area (Å²) in [5, 5.41) is 3.57. The molecule has 2 heterocycles. The summed E-state index contributed by atoms with van der Waals surface area (Å²) < 4.78 is 19.0. The van der Waals surface area contributed by atoms with Gasteiger partial charge in [-0.25, -0.2) is 4.39 Å². The van der Waals surface area contributed by atoms with E-state index >= 15 is 0 Å². The van der Waals surface area contributed by atoms with E-state index in [1.807, 2.05) is 12.1 Å². The van der Waals surface area contributed by atoms with Crippen molar-refractivity contribution in [2.75, 3.05) is 26.7 Å². The third-order valence-corrected chi connectivity index (χ3v) is 4.33. The maximum atomic E-state index is 13.9. The van der Waals surface area contributed by atoms with Gasteiger partial charge in [0.25, 0.3) is 0 Å². The fraction of sp³-hybridized carbons (Fsp3) is 0.600. The molecular weight excluding hydrogens is 243 g/mol. The summed E-state index contributed by atoms with van der Waals surface area (Å²) in [5.41, 5.74) is 0.763. The minimum absolute atomic E-state index is 0.165. The number of hydrogen-bond donors (Lipinski definition) is 1. The van der Waals surface area contributed by atoms with Crippen LogP contribution in [0.4, 0.5) is 4.39 Å². The summed E-state index contributed by atoms with van der Waals surface area (Å²) >= 11 is 0. The van der Waals surface area contributed by atoms with Crippen LogP contribution in [0.1, 0.15) is 18.4 Å². The van der Waals surface area contributed by atoms with Crippen LogP contribution >= 0.6 is 0 Å². The molecule has 2 unspecified atom stereocenters. The predicted molar refractivity (Wildman–Crippen MR) is 72.7 cm³/mol. The van der Waals surface area contributed by atoms with Crippen molar-refractivity contribution < 1.29 is 9.13 Å². The molecule has 0 aromatic heterocycles. The first-order valence-electron chi connectivity index (χ1n) is 7.04. The van der Waals surface area contributed by atoms with Crippen LogP contribution in [0, 0.1) is 11.7 Å². The maximum absolute atomic E-state index is 13.9. The van der Waals surface area contributed by atoms with Crippen LogP contribution in [0.3, 0.4) is 0 Å². The van der Waals surface area contributed by atoms with Crippen molar-refractivity contribution in [1.82, 2.24) is 10.2 Å². The Kier molecular flexibility index (Phi) is 3.71. The van der Waals surface area contributed by atoms with Gasteiger partial charge in [-0.05, 0) is 31.4 Å². The number of piperidine rings is 1. The van der Waals surface area contributed by atoms with Crippen LogP contribution in [0.2, 0.25) is 0 Å². The highest BCUT2D eigenvalue weighted by Crippen LogP contribution is 2.27. The van der Waals surface area contributed by atoms with Crippen LogP contribution in [0.5, 0.6) is 5.75 Å². The molecule has 3 rings (SSSR count). The highest BCUT2D eigenvalue weighted by Gasteiger charge is 2.34. The highest BCUT2D eigenvalue weighted by atomic mass is 19.1. The lowest BCUT2D eigenvalue weighted by atomic mass is 9.94. The summed E-state index contributed by atoms with van der Waals surface area (Å²) in [6.07, 6.45) is 2.57. The Morgan fingerprint density at radius 2 is 2.32 bits per heavy atom. The van der Waals surface area contributed by atoms with E-state index in [0.29, 0.717) is 18.3 Å². The van der Waals surface area contributed by atoms with Gasteiger partial charge in [-0.2, -0.15) is 0 Å². The van der Waals surface area contributed by atoms with Gasteiger partial charge >= 0.3 is 0 Å². The molecule has 2 saturated heterocycles. The van der Waals surface area contributed by atoms with Gasteiger partial charge in [0, 0.05) is 37.3 Å². The molecule has 0 aliphatic carbocycles. The monoisotopic (exact) mass is 264 g/mol. The third-order valence-electron chi connectivity index (χ3n) is 4.33. The molecule has 4 heteroatoms. The van der Waals surface area contributed by atoms with Crippen molar-refractivity contribution in [3.8, 4) is 5.75 Å². The molecular formula is C15H21FN2O. The summed E-state index contributed by atoms with van der Waals surface area (Å²) in [4.78, 5) is 2.36. The molecule has 2 aliphatic rings. The number of hydrogen-bond acceptors (Lipinski definition) is 3. The summed E-state index contributed by atoms with van der Waals surface area (Å²) in [6, 6.07) is 5.75. The van der Waals surface area contributed by atoms with Gasteiger partial charge in [-0.3, -0.25) is 4.90 Å². The van der Waals surface area contributed by atoms with Gasteiger partial charge < -0.3 is 10.1 Å². The fourth-order valence-electron chi connectivity index (χ4n) is 3.29. The van der Waals surface area contributed by atoms with Crippen LogP contribution in [-0.2, 0) is 6.54 Å². The number of fused-ring (bicyclic) bond motifs is 1. The SMILES string of the molecule is COc1ccc(CN2CC3CCCNC3C2)c(F)c1. The Hall–Kier alpha value is -1.13. The van der Waals surface area contributed by atoms with E-state index in [4.69, 9.17) is 4.74 Å². The predicted octanol–water partition coefficient (Wildman–Crippen LogP) is 2.02. The molecule has 0 saturated carbocycles. The lowest BCUT2D eigenvalue weighted by Gasteiger charge is -2.24. The summed E-state index contributed by atoms with van der Waals surface area (Å²) in [6.45, 7) is 3.95. The molecule has 3 nitrogen and oxygen atoms in total. The zero-order valence-corrected chi connectivity index (χ0v) is 11.4. The van der Waals surface area contributed by atoms with Crippen molar-refractivity contribution in [2.45, 2.75) is 25.4 Å². The standard InChI is InChI=1S/C15H21FN2O/c1-19-13-5-4-11(14(16)7-13)8-18-9-12-3-2-6-17-15(12)10-18/h4-5,7,12,15,17H,2-3,6,8-10H2,1H3. The van der Waals surface area contributed by atoms with E-state index < -0.39 is 0 Å². The van der Waals surface area contributed by atoms with Crippen LogP contribution in [-0.4, -0.2) is 37.7 Å². The van der Waals surface area contributed by atoms with Crippen molar-refractivity contribution in [3.63, 3.8) is 0 Å². The molecule has 2 fully saturated rings.